The number of methoxy groups -OCH3 is 2. The number of benzene rings is 2. The van der Waals surface area contributed by atoms with Crippen LogP contribution in [0.2, 0.25) is 0 Å². The van der Waals surface area contributed by atoms with Gasteiger partial charge in [-0.1, -0.05) is 0 Å². The van der Waals surface area contributed by atoms with Crippen LogP contribution in [0.15, 0.2) is 36.4 Å². The number of ether oxygens (including phenoxy) is 3. The summed E-state index contributed by atoms with van der Waals surface area (Å²) in [5.41, 5.74) is 0.323. The van der Waals surface area contributed by atoms with Gasteiger partial charge in [0.2, 0.25) is 0 Å². The van der Waals surface area contributed by atoms with E-state index in [9.17, 15) is 14.5 Å². The summed E-state index contributed by atoms with van der Waals surface area (Å²) in [5.74, 6) is 0.376. The second-order valence-electron chi connectivity index (χ2n) is 4.34. The summed E-state index contributed by atoms with van der Waals surface area (Å²) in [5, 5.41) is 10.9. The van der Waals surface area contributed by atoms with Crippen molar-refractivity contribution in [2.45, 2.75) is 6.61 Å². The first-order chi connectivity index (χ1) is 10.5. The molecule has 2 aromatic rings. The molecule has 7 heteroatoms. The maximum atomic E-state index is 13.3. The molecule has 0 aromatic heterocycles. The number of nitrogens with zero attached hydrogens (tertiary/aromatic N) is 1. The molecule has 22 heavy (non-hydrogen) atoms. The Labute approximate surface area is 126 Å². The third kappa shape index (κ3) is 3.43. The molecule has 0 atom stereocenters. The molecule has 2 aromatic carbocycles. The molecule has 0 amide bonds. The second kappa shape index (κ2) is 6.75. The SMILES string of the molecule is COc1ccc(OC)c(COc2cc(F)ccc2[N+](=O)[O-])c1. The fourth-order valence-corrected chi connectivity index (χ4v) is 1.90. The normalized spacial score (nSPS) is 10.1. The molecule has 0 N–H and O–H groups in total. The van der Waals surface area contributed by atoms with Crippen molar-refractivity contribution >= 4 is 5.69 Å². The highest BCUT2D eigenvalue weighted by molar-refractivity contribution is 5.47. The van der Waals surface area contributed by atoms with Gasteiger partial charge in [-0.2, -0.15) is 0 Å². The molecular weight excluding hydrogens is 293 g/mol. The molecule has 0 saturated carbocycles. The van der Waals surface area contributed by atoms with Crippen molar-refractivity contribution in [3.63, 3.8) is 0 Å². The zero-order valence-electron chi connectivity index (χ0n) is 12.0. The molecule has 0 unspecified atom stereocenters. The Kier molecular flexibility index (Phi) is 4.77. The highest BCUT2D eigenvalue weighted by Gasteiger charge is 2.17. The minimum Gasteiger partial charge on any atom is -0.497 e. The van der Waals surface area contributed by atoms with Gasteiger partial charge < -0.3 is 14.2 Å². The Morgan fingerprint density at radius 1 is 1.09 bits per heavy atom. The van der Waals surface area contributed by atoms with E-state index in [1.807, 2.05) is 0 Å². The first-order valence-electron chi connectivity index (χ1n) is 6.32. The minimum atomic E-state index is -0.627. The van der Waals surface area contributed by atoms with Crippen LogP contribution in [-0.2, 0) is 6.61 Å². The topological polar surface area (TPSA) is 70.8 Å². The maximum absolute atomic E-state index is 13.3. The van der Waals surface area contributed by atoms with E-state index in [-0.39, 0.29) is 18.0 Å². The van der Waals surface area contributed by atoms with E-state index >= 15 is 0 Å². The molecule has 0 spiro atoms. The first-order valence-corrected chi connectivity index (χ1v) is 6.32. The van der Waals surface area contributed by atoms with Crippen molar-refractivity contribution in [3.8, 4) is 17.2 Å². The molecule has 2 rings (SSSR count). The Morgan fingerprint density at radius 2 is 1.86 bits per heavy atom. The van der Waals surface area contributed by atoms with Gasteiger partial charge in [0.15, 0.2) is 5.75 Å². The van der Waals surface area contributed by atoms with Gasteiger partial charge in [-0.15, -0.1) is 0 Å². The molecule has 0 radical (unpaired) electrons. The maximum Gasteiger partial charge on any atom is 0.311 e. The van der Waals surface area contributed by atoms with Gasteiger partial charge in [0.05, 0.1) is 19.1 Å². The Morgan fingerprint density at radius 3 is 2.50 bits per heavy atom. The number of rotatable bonds is 6. The Hall–Kier alpha value is -2.83. The lowest BCUT2D eigenvalue weighted by Crippen LogP contribution is -2.02. The molecule has 0 heterocycles. The van der Waals surface area contributed by atoms with Gasteiger partial charge in [0.25, 0.3) is 0 Å². The van der Waals surface area contributed by atoms with Crippen LogP contribution in [0.3, 0.4) is 0 Å². The van der Waals surface area contributed by atoms with Gasteiger partial charge in [-0.05, 0) is 24.3 Å². The van der Waals surface area contributed by atoms with Gasteiger partial charge in [0, 0.05) is 17.7 Å². The molecule has 0 fully saturated rings. The van der Waals surface area contributed by atoms with E-state index < -0.39 is 10.7 Å². The van der Waals surface area contributed by atoms with Gasteiger partial charge >= 0.3 is 5.69 Å². The number of hydrogen-bond acceptors (Lipinski definition) is 5. The van der Waals surface area contributed by atoms with Crippen molar-refractivity contribution < 1.29 is 23.5 Å². The van der Waals surface area contributed by atoms with Gasteiger partial charge in [-0.25, -0.2) is 4.39 Å². The molecule has 6 nitrogen and oxygen atoms in total. The third-order valence-corrected chi connectivity index (χ3v) is 2.99. The number of nitro benzene ring substituents is 1. The number of halogens is 1. The summed E-state index contributed by atoms with van der Waals surface area (Å²) in [4.78, 5) is 10.3. The highest BCUT2D eigenvalue weighted by Crippen LogP contribution is 2.30. The molecule has 0 aliphatic rings. The van der Waals surface area contributed by atoms with E-state index in [0.29, 0.717) is 17.1 Å². The summed E-state index contributed by atoms with van der Waals surface area (Å²) in [6.45, 7) is -0.0231. The summed E-state index contributed by atoms with van der Waals surface area (Å²) >= 11 is 0. The van der Waals surface area contributed by atoms with Crippen LogP contribution >= 0.6 is 0 Å². The van der Waals surface area contributed by atoms with Crippen molar-refractivity contribution in [1.29, 1.82) is 0 Å². The van der Waals surface area contributed by atoms with Crippen LogP contribution in [0.1, 0.15) is 5.56 Å². The van der Waals surface area contributed by atoms with Crippen molar-refractivity contribution in [3.05, 3.63) is 57.9 Å². The average molecular weight is 307 g/mol. The average Bonchev–Trinajstić information content (AvgIpc) is 2.52. The molecule has 0 saturated heterocycles. The summed E-state index contributed by atoms with van der Waals surface area (Å²) < 4.78 is 28.9. The predicted octanol–water partition coefficient (Wildman–Crippen LogP) is 3.33. The monoisotopic (exact) mass is 307 g/mol. The number of hydrogen-bond donors (Lipinski definition) is 0. The summed E-state index contributed by atoms with van der Waals surface area (Å²) in [7, 11) is 3.01. The standard InChI is InChI=1S/C15H14FNO5/c1-20-12-4-6-14(21-2)10(7-12)9-22-15-8-11(16)3-5-13(15)17(18)19/h3-8H,9H2,1-2H3. The zero-order chi connectivity index (χ0) is 16.1. The van der Waals surface area contributed by atoms with Crippen molar-refractivity contribution in [2.75, 3.05) is 14.2 Å². The van der Waals surface area contributed by atoms with Crippen LogP contribution in [0, 0.1) is 15.9 Å². The molecule has 0 aliphatic heterocycles. The minimum absolute atomic E-state index is 0.0231. The molecular formula is C15H14FNO5. The lowest BCUT2D eigenvalue weighted by molar-refractivity contribution is -0.386. The van der Waals surface area contributed by atoms with Crippen molar-refractivity contribution in [1.82, 2.24) is 0 Å². The quantitative estimate of drug-likeness (QED) is 0.604. The van der Waals surface area contributed by atoms with E-state index in [2.05, 4.69) is 0 Å². The zero-order valence-corrected chi connectivity index (χ0v) is 12.0. The number of nitro groups is 1. The molecule has 0 aliphatic carbocycles. The highest BCUT2D eigenvalue weighted by atomic mass is 19.1. The van der Waals surface area contributed by atoms with Crippen LogP contribution in [0.5, 0.6) is 17.2 Å². The fourth-order valence-electron chi connectivity index (χ4n) is 1.90. The third-order valence-electron chi connectivity index (χ3n) is 2.99. The van der Waals surface area contributed by atoms with E-state index in [0.717, 1.165) is 18.2 Å². The van der Waals surface area contributed by atoms with E-state index in [4.69, 9.17) is 14.2 Å². The van der Waals surface area contributed by atoms with Gasteiger partial charge in [0.1, 0.15) is 23.9 Å². The van der Waals surface area contributed by atoms with E-state index in [1.165, 1.54) is 14.2 Å². The Bertz CT molecular complexity index is 690. The predicted molar refractivity (Wildman–Crippen MR) is 76.9 cm³/mol. The van der Waals surface area contributed by atoms with Crippen LogP contribution in [0.4, 0.5) is 10.1 Å². The fraction of sp³-hybridized carbons (Fsp3) is 0.200. The lowest BCUT2D eigenvalue weighted by atomic mass is 10.2. The summed E-state index contributed by atoms with van der Waals surface area (Å²) in [6.07, 6.45) is 0. The van der Waals surface area contributed by atoms with Crippen molar-refractivity contribution in [2.24, 2.45) is 0 Å². The van der Waals surface area contributed by atoms with Gasteiger partial charge in [-0.3, -0.25) is 10.1 Å². The smallest absolute Gasteiger partial charge is 0.311 e. The van der Waals surface area contributed by atoms with Crippen LogP contribution < -0.4 is 14.2 Å². The van der Waals surface area contributed by atoms with Crippen LogP contribution in [-0.4, -0.2) is 19.1 Å². The Balaban J connectivity index is 2.26. The lowest BCUT2D eigenvalue weighted by Gasteiger charge is -2.12. The van der Waals surface area contributed by atoms with E-state index in [1.54, 1.807) is 18.2 Å². The second-order valence-corrected chi connectivity index (χ2v) is 4.34. The molecule has 0 bridgehead atoms. The summed E-state index contributed by atoms with van der Waals surface area (Å²) in [6, 6.07) is 8.14. The molecule has 116 valence electrons. The van der Waals surface area contributed by atoms with Crippen LogP contribution in [0.25, 0.3) is 0 Å². The largest absolute Gasteiger partial charge is 0.497 e. The first kappa shape index (κ1) is 15.6.